The highest BCUT2D eigenvalue weighted by molar-refractivity contribution is 9.10. The van der Waals surface area contributed by atoms with Gasteiger partial charge in [-0.1, -0.05) is 15.9 Å². The van der Waals surface area contributed by atoms with Gasteiger partial charge in [0, 0.05) is 16.1 Å². The number of nitrogens with two attached hydrogens (primary N) is 1. The molecule has 0 spiro atoms. The van der Waals surface area contributed by atoms with Crippen LogP contribution in [0.1, 0.15) is 23.7 Å². The molecule has 0 saturated heterocycles. The molecule has 17 heavy (non-hydrogen) atoms. The van der Waals surface area contributed by atoms with Crippen LogP contribution in [0.2, 0.25) is 0 Å². The molecular formula is C12H12BrN3O. The second-order valence-corrected chi connectivity index (χ2v) is 5.18. The maximum Gasteiger partial charge on any atom is 0.274 e. The highest BCUT2D eigenvalue weighted by Gasteiger charge is 2.25. The lowest BCUT2D eigenvalue weighted by molar-refractivity contribution is 0.663. The van der Waals surface area contributed by atoms with Crippen molar-refractivity contribution < 1.29 is 0 Å². The molecule has 1 aliphatic rings. The fraction of sp³-hybridized carbons (Fsp3) is 0.250. The Hall–Kier alpha value is -1.33. The number of H-pyrrole nitrogens is 1. The molecule has 1 unspecified atom stereocenters. The van der Waals surface area contributed by atoms with Crippen molar-refractivity contribution in [2.24, 2.45) is 5.73 Å². The first-order valence-electron chi connectivity index (χ1n) is 5.52. The molecule has 1 aromatic carbocycles. The standard InChI is InChI=1S/C12H12BrN3O/c13-7-1-3-8(4-2-7)16-12(17)9-5-6-10(14)11(9)15-16/h1-4,10,15H,5-6,14H2. The van der Waals surface area contributed by atoms with Crippen LogP contribution < -0.4 is 11.3 Å². The number of aromatic nitrogens is 2. The van der Waals surface area contributed by atoms with Gasteiger partial charge in [-0.05, 0) is 37.1 Å². The quantitative estimate of drug-likeness (QED) is 0.843. The summed E-state index contributed by atoms with van der Waals surface area (Å²) in [5.41, 5.74) is 8.52. The van der Waals surface area contributed by atoms with Crippen molar-refractivity contribution in [1.29, 1.82) is 0 Å². The molecule has 4 nitrogen and oxygen atoms in total. The lowest BCUT2D eigenvalue weighted by Gasteiger charge is -2.04. The van der Waals surface area contributed by atoms with E-state index in [2.05, 4.69) is 21.0 Å². The number of benzene rings is 1. The largest absolute Gasteiger partial charge is 0.323 e. The van der Waals surface area contributed by atoms with Crippen molar-refractivity contribution in [2.45, 2.75) is 18.9 Å². The normalized spacial score (nSPS) is 18.4. The van der Waals surface area contributed by atoms with Crippen LogP contribution in [0.4, 0.5) is 0 Å². The zero-order valence-electron chi connectivity index (χ0n) is 9.11. The van der Waals surface area contributed by atoms with Crippen LogP contribution in [0.15, 0.2) is 33.5 Å². The van der Waals surface area contributed by atoms with E-state index in [1.165, 1.54) is 0 Å². The van der Waals surface area contributed by atoms with Crippen LogP contribution in [-0.2, 0) is 6.42 Å². The maximum atomic E-state index is 12.2. The molecule has 1 aromatic heterocycles. The van der Waals surface area contributed by atoms with Crippen LogP contribution in [0, 0.1) is 0 Å². The van der Waals surface area contributed by atoms with Crippen molar-refractivity contribution in [3.8, 4) is 5.69 Å². The smallest absolute Gasteiger partial charge is 0.274 e. The van der Waals surface area contributed by atoms with Crippen LogP contribution >= 0.6 is 15.9 Å². The Morgan fingerprint density at radius 2 is 2.06 bits per heavy atom. The Morgan fingerprint density at radius 3 is 2.71 bits per heavy atom. The zero-order chi connectivity index (χ0) is 12.0. The Balaban J connectivity index is 2.14. The molecule has 0 aliphatic heterocycles. The van der Waals surface area contributed by atoms with E-state index in [9.17, 15) is 4.79 Å². The third-order valence-electron chi connectivity index (χ3n) is 3.18. The van der Waals surface area contributed by atoms with E-state index < -0.39 is 0 Å². The summed E-state index contributed by atoms with van der Waals surface area (Å²) in [5.74, 6) is 0. The average molecular weight is 294 g/mol. The number of rotatable bonds is 1. The molecule has 88 valence electrons. The topological polar surface area (TPSA) is 63.8 Å². The molecule has 0 radical (unpaired) electrons. The van der Waals surface area contributed by atoms with E-state index in [0.29, 0.717) is 0 Å². The molecule has 5 heteroatoms. The van der Waals surface area contributed by atoms with Gasteiger partial charge in [0.25, 0.3) is 5.56 Å². The minimum absolute atomic E-state index is 0.0234. The molecule has 1 heterocycles. The summed E-state index contributed by atoms with van der Waals surface area (Å²) in [6.07, 6.45) is 1.63. The van der Waals surface area contributed by atoms with E-state index >= 15 is 0 Å². The molecule has 0 fully saturated rings. The third-order valence-corrected chi connectivity index (χ3v) is 3.71. The zero-order valence-corrected chi connectivity index (χ0v) is 10.7. The van der Waals surface area contributed by atoms with Crippen LogP contribution in [-0.4, -0.2) is 9.78 Å². The summed E-state index contributed by atoms with van der Waals surface area (Å²) < 4.78 is 2.56. The van der Waals surface area contributed by atoms with Crippen LogP contribution in [0.5, 0.6) is 0 Å². The van der Waals surface area contributed by atoms with Crippen molar-refractivity contribution in [2.75, 3.05) is 0 Å². The lowest BCUT2D eigenvalue weighted by atomic mass is 10.3. The summed E-state index contributed by atoms with van der Waals surface area (Å²) in [7, 11) is 0. The first kappa shape index (κ1) is 10.8. The number of hydrogen-bond donors (Lipinski definition) is 2. The number of aromatic amines is 1. The first-order valence-corrected chi connectivity index (χ1v) is 6.31. The molecule has 1 atom stereocenters. The molecule has 1 aliphatic carbocycles. The van der Waals surface area contributed by atoms with Gasteiger partial charge in [0.15, 0.2) is 0 Å². The van der Waals surface area contributed by atoms with Crippen molar-refractivity contribution in [1.82, 2.24) is 9.78 Å². The molecule has 0 amide bonds. The van der Waals surface area contributed by atoms with E-state index in [0.717, 1.165) is 34.3 Å². The van der Waals surface area contributed by atoms with Gasteiger partial charge in [-0.25, -0.2) is 4.68 Å². The second kappa shape index (κ2) is 3.85. The average Bonchev–Trinajstić information content (AvgIpc) is 2.83. The number of fused-ring (bicyclic) bond motifs is 1. The van der Waals surface area contributed by atoms with Gasteiger partial charge in [-0.2, -0.15) is 0 Å². The third kappa shape index (κ3) is 1.66. The monoisotopic (exact) mass is 293 g/mol. The van der Waals surface area contributed by atoms with Gasteiger partial charge < -0.3 is 5.73 Å². The van der Waals surface area contributed by atoms with E-state index in [-0.39, 0.29) is 11.6 Å². The summed E-state index contributed by atoms with van der Waals surface area (Å²) in [6, 6.07) is 7.57. The minimum Gasteiger partial charge on any atom is -0.323 e. The fourth-order valence-corrected chi connectivity index (χ4v) is 2.52. The predicted octanol–water partition coefficient (Wildman–Crippen LogP) is 1.87. The number of nitrogens with zero attached hydrogens (tertiary/aromatic N) is 1. The Morgan fingerprint density at radius 1 is 1.35 bits per heavy atom. The first-order chi connectivity index (χ1) is 8.16. The minimum atomic E-state index is -0.0330. The van der Waals surface area contributed by atoms with Crippen LogP contribution in [0.25, 0.3) is 5.69 Å². The van der Waals surface area contributed by atoms with Crippen molar-refractivity contribution in [3.05, 3.63) is 50.3 Å². The van der Waals surface area contributed by atoms with Crippen molar-refractivity contribution >= 4 is 15.9 Å². The number of halogens is 1. The molecular weight excluding hydrogens is 282 g/mol. The lowest BCUT2D eigenvalue weighted by Crippen LogP contribution is -2.17. The molecule has 0 bridgehead atoms. The summed E-state index contributed by atoms with van der Waals surface area (Å²) in [5, 5.41) is 3.11. The highest BCUT2D eigenvalue weighted by atomic mass is 79.9. The number of nitrogens with one attached hydrogen (secondary N) is 1. The summed E-state index contributed by atoms with van der Waals surface area (Å²) >= 11 is 3.37. The molecule has 2 aromatic rings. The fourth-order valence-electron chi connectivity index (χ4n) is 2.25. The maximum absolute atomic E-state index is 12.2. The summed E-state index contributed by atoms with van der Waals surface area (Å²) in [4.78, 5) is 12.2. The molecule has 0 saturated carbocycles. The number of hydrogen-bond acceptors (Lipinski definition) is 2. The van der Waals surface area contributed by atoms with Gasteiger partial charge in [0.2, 0.25) is 0 Å². The van der Waals surface area contributed by atoms with Gasteiger partial charge >= 0.3 is 0 Å². The van der Waals surface area contributed by atoms with E-state index in [1.807, 2.05) is 24.3 Å². The van der Waals surface area contributed by atoms with Gasteiger partial charge in [0.05, 0.1) is 11.4 Å². The molecule has 3 N–H and O–H groups in total. The second-order valence-electron chi connectivity index (χ2n) is 4.27. The Labute approximate surface area is 107 Å². The van der Waals surface area contributed by atoms with E-state index in [4.69, 9.17) is 5.73 Å². The van der Waals surface area contributed by atoms with E-state index in [1.54, 1.807) is 4.68 Å². The van der Waals surface area contributed by atoms with Gasteiger partial charge in [0.1, 0.15) is 0 Å². The SMILES string of the molecule is NC1CCc2c1[nH]n(-c1ccc(Br)cc1)c2=O. The Bertz CT molecular complexity index is 612. The predicted molar refractivity (Wildman–Crippen MR) is 69.3 cm³/mol. The molecule has 3 rings (SSSR count). The van der Waals surface area contributed by atoms with Gasteiger partial charge in [-0.15, -0.1) is 0 Å². The van der Waals surface area contributed by atoms with Crippen molar-refractivity contribution in [3.63, 3.8) is 0 Å². The van der Waals surface area contributed by atoms with Crippen LogP contribution in [0.3, 0.4) is 0 Å². The van der Waals surface area contributed by atoms with Gasteiger partial charge in [-0.3, -0.25) is 9.89 Å². The Kier molecular flexibility index (Phi) is 2.45. The summed E-state index contributed by atoms with van der Waals surface area (Å²) in [6.45, 7) is 0. The highest BCUT2D eigenvalue weighted by Crippen LogP contribution is 2.25.